The number of nitrogens with one attached hydrogen (secondary N) is 1. The first kappa shape index (κ1) is 14.5. The van der Waals surface area contributed by atoms with Crippen molar-refractivity contribution in [1.29, 1.82) is 0 Å². The second-order valence-electron chi connectivity index (χ2n) is 4.67. The number of hydrogen-bond donors (Lipinski definition) is 1. The normalized spacial score (nSPS) is 16.5. The Kier molecular flexibility index (Phi) is 7.21. The molecule has 1 saturated heterocycles. The van der Waals surface area contributed by atoms with Gasteiger partial charge in [-0.25, -0.2) is 0 Å². The first-order valence-corrected chi connectivity index (χ1v) is 6.98. The van der Waals surface area contributed by atoms with Crippen molar-refractivity contribution in [2.24, 2.45) is 0 Å². The van der Waals surface area contributed by atoms with Crippen molar-refractivity contribution in [2.75, 3.05) is 45.8 Å². The number of nitrogens with zero attached hydrogens (tertiary/aromatic N) is 2. The number of unbranched alkanes of at least 4 members (excludes halogenated alkanes) is 1. The second kappa shape index (κ2) is 8.48. The minimum Gasteiger partial charge on any atom is -0.340 e. The molecule has 0 bridgehead atoms. The number of rotatable bonds is 7. The molecule has 1 fully saturated rings. The van der Waals surface area contributed by atoms with E-state index in [1.165, 1.54) is 12.8 Å². The Labute approximate surface area is 105 Å². The fourth-order valence-electron chi connectivity index (χ4n) is 2.14. The maximum atomic E-state index is 12.0. The van der Waals surface area contributed by atoms with Crippen molar-refractivity contribution in [3.63, 3.8) is 0 Å². The SMILES string of the molecule is CCCCN(CC)CCC(=O)N1CCNCC1. The van der Waals surface area contributed by atoms with Crippen molar-refractivity contribution in [3.8, 4) is 0 Å². The lowest BCUT2D eigenvalue weighted by Crippen LogP contribution is -2.47. The Bertz CT molecular complexity index is 215. The Morgan fingerprint density at radius 3 is 2.53 bits per heavy atom. The summed E-state index contributed by atoms with van der Waals surface area (Å²) >= 11 is 0. The molecule has 1 N–H and O–H groups in total. The minimum absolute atomic E-state index is 0.321. The largest absolute Gasteiger partial charge is 0.340 e. The van der Waals surface area contributed by atoms with Gasteiger partial charge in [-0.2, -0.15) is 0 Å². The van der Waals surface area contributed by atoms with Crippen LogP contribution in [0.5, 0.6) is 0 Å². The highest BCUT2D eigenvalue weighted by atomic mass is 16.2. The van der Waals surface area contributed by atoms with Gasteiger partial charge in [0.15, 0.2) is 0 Å². The fourth-order valence-corrected chi connectivity index (χ4v) is 2.14. The van der Waals surface area contributed by atoms with Crippen LogP contribution in [0.3, 0.4) is 0 Å². The maximum absolute atomic E-state index is 12.0. The second-order valence-corrected chi connectivity index (χ2v) is 4.67. The molecule has 0 saturated carbocycles. The number of hydrogen-bond acceptors (Lipinski definition) is 3. The number of piperazine rings is 1. The summed E-state index contributed by atoms with van der Waals surface area (Å²) < 4.78 is 0. The van der Waals surface area contributed by atoms with E-state index < -0.39 is 0 Å². The van der Waals surface area contributed by atoms with Crippen LogP contribution < -0.4 is 5.32 Å². The zero-order valence-corrected chi connectivity index (χ0v) is 11.4. The van der Waals surface area contributed by atoms with Gasteiger partial charge >= 0.3 is 0 Å². The van der Waals surface area contributed by atoms with Gasteiger partial charge in [0.05, 0.1) is 0 Å². The molecular formula is C13H27N3O. The van der Waals surface area contributed by atoms with E-state index in [-0.39, 0.29) is 0 Å². The monoisotopic (exact) mass is 241 g/mol. The van der Waals surface area contributed by atoms with Gasteiger partial charge in [-0.05, 0) is 19.5 Å². The lowest BCUT2D eigenvalue weighted by molar-refractivity contribution is -0.132. The molecule has 17 heavy (non-hydrogen) atoms. The van der Waals surface area contributed by atoms with Crippen LogP contribution in [0.25, 0.3) is 0 Å². The van der Waals surface area contributed by atoms with E-state index in [1.54, 1.807) is 0 Å². The molecule has 4 nitrogen and oxygen atoms in total. The number of carbonyl (C=O) groups is 1. The molecule has 0 radical (unpaired) electrons. The lowest BCUT2D eigenvalue weighted by Gasteiger charge is -2.28. The topological polar surface area (TPSA) is 35.6 Å². The third kappa shape index (κ3) is 5.50. The molecule has 1 aliphatic heterocycles. The molecule has 100 valence electrons. The van der Waals surface area contributed by atoms with E-state index in [0.717, 1.165) is 45.8 Å². The smallest absolute Gasteiger partial charge is 0.223 e. The van der Waals surface area contributed by atoms with Crippen LogP contribution in [0.15, 0.2) is 0 Å². The fraction of sp³-hybridized carbons (Fsp3) is 0.923. The van der Waals surface area contributed by atoms with Crippen LogP contribution in [0.4, 0.5) is 0 Å². The van der Waals surface area contributed by atoms with Gasteiger partial charge in [-0.1, -0.05) is 20.3 Å². The van der Waals surface area contributed by atoms with E-state index in [4.69, 9.17) is 0 Å². The van der Waals surface area contributed by atoms with Gasteiger partial charge in [0.2, 0.25) is 5.91 Å². The van der Waals surface area contributed by atoms with Crippen LogP contribution in [-0.4, -0.2) is 61.5 Å². The molecule has 1 heterocycles. The molecule has 1 aliphatic rings. The maximum Gasteiger partial charge on any atom is 0.223 e. The summed E-state index contributed by atoms with van der Waals surface area (Å²) in [5.74, 6) is 0.321. The molecule has 1 amide bonds. The van der Waals surface area contributed by atoms with Crippen molar-refractivity contribution >= 4 is 5.91 Å². The summed E-state index contributed by atoms with van der Waals surface area (Å²) in [6.45, 7) is 11.1. The summed E-state index contributed by atoms with van der Waals surface area (Å²) in [6.07, 6.45) is 3.13. The average molecular weight is 241 g/mol. The first-order valence-electron chi connectivity index (χ1n) is 6.98. The van der Waals surface area contributed by atoms with E-state index in [2.05, 4.69) is 24.1 Å². The van der Waals surface area contributed by atoms with Crippen molar-refractivity contribution in [1.82, 2.24) is 15.1 Å². The lowest BCUT2D eigenvalue weighted by atomic mass is 10.2. The highest BCUT2D eigenvalue weighted by Crippen LogP contribution is 2.01. The van der Waals surface area contributed by atoms with Gasteiger partial charge in [-0.15, -0.1) is 0 Å². The van der Waals surface area contributed by atoms with E-state index >= 15 is 0 Å². The minimum atomic E-state index is 0.321. The molecular weight excluding hydrogens is 214 g/mol. The summed E-state index contributed by atoms with van der Waals surface area (Å²) in [7, 11) is 0. The molecule has 1 rings (SSSR count). The zero-order chi connectivity index (χ0) is 12.5. The summed E-state index contributed by atoms with van der Waals surface area (Å²) in [5.41, 5.74) is 0. The van der Waals surface area contributed by atoms with Gasteiger partial charge in [0.25, 0.3) is 0 Å². The number of amides is 1. The predicted octanol–water partition coefficient (Wildman–Crippen LogP) is 0.930. The van der Waals surface area contributed by atoms with Gasteiger partial charge in [0.1, 0.15) is 0 Å². The average Bonchev–Trinajstić information content (AvgIpc) is 2.39. The molecule has 0 aliphatic carbocycles. The molecule has 0 atom stereocenters. The Balaban J connectivity index is 2.20. The molecule has 0 aromatic heterocycles. The zero-order valence-electron chi connectivity index (χ0n) is 11.4. The molecule has 0 aromatic rings. The summed E-state index contributed by atoms with van der Waals surface area (Å²) in [6, 6.07) is 0. The van der Waals surface area contributed by atoms with Gasteiger partial charge in [-0.3, -0.25) is 4.79 Å². The van der Waals surface area contributed by atoms with Crippen molar-refractivity contribution in [3.05, 3.63) is 0 Å². The highest BCUT2D eigenvalue weighted by molar-refractivity contribution is 5.76. The van der Waals surface area contributed by atoms with Crippen LogP contribution in [0, 0.1) is 0 Å². The quantitative estimate of drug-likeness (QED) is 0.720. The predicted molar refractivity (Wildman–Crippen MR) is 71.1 cm³/mol. The third-order valence-corrected chi connectivity index (χ3v) is 3.39. The number of carbonyl (C=O) groups excluding carboxylic acids is 1. The standard InChI is InChI=1S/C13H27N3O/c1-3-5-9-15(4-2)10-6-13(17)16-11-7-14-8-12-16/h14H,3-12H2,1-2H3. The molecule has 0 aromatic carbocycles. The summed E-state index contributed by atoms with van der Waals surface area (Å²) in [4.78, 5) is 16.3. The van der Waals surface area contributed by atoms with E-state index in [9.17, 15) is 4.79 Å². The van der Waals surface area contributed by atoms with Gasteiger partial charge < -0.3 is 15.1 Å². The first-order chi connectivity index (χ1) is 8.27. The van der Waals surface area contributed by atoms with Crippen LogP contribution in [0.1, 0.15) is 33.1 Å². The summed E-state index contributed by atoms with van der Waals surface area (Å²) in [5, 5.41) is 3.27. The third-order valence-electron chi connectivity index (χ3n) is 3.39. The molecule has 0 spiro atoms. The van der Waals surface area contributed by atoms with Crippen LogP contribution >= 0.6 is 0 Å². The van der Waals surface area contributed by atoms with Gasteiger partial charge in [0, 0.05) is 39.1 Å². The van der Waals surface area contributed by atoms with Crippen molar-refractivity contribution in [2.45, 2.75) is 33.1 Å². The molecule has 4 heteroatoms. The Hall–Kier alpha value is -0.610. The molecule has 0 unspecified atom stereocenters. The van der Waals surface area contributed by atoms with Crippen LogP contribution in [-0.2, 0) is 4.79 Å². The van der Waals surface area contributed by atoms with E-state index in [1.807, 2.05) is 4.90 Å². The highest BCUT2D eigenvalue weighted by Gasteiger charge is 2.16. The van der Waals surface area contributed by atoms with Crippen molar-refractivity contribution < 1.29 is 4.79 Å². The Morgan fingerprint density at radius 2 is 1.94 bits per heavy atom. The Morgan fingerprint density at radius 1 is 1.24 bits per heavy atom. The van der Waals surface area contributed by atoms with Crippen LogP contribution in [0.2, 0.25) is 0 Å². The van der Waals surface area contributed by atoms with E-state index in [0.29, 0.717) is 12.3 Å².